The number of ether oxygens (including phenoxy) is 2. The summed E-state index contributed by atoms with van der Waals surface area (Å²) < 4.78 is 48.0. The lowest BCUT2D eigenvalue weighted by atomic mass is 9.92. The maximum Gasteiger partial charge on any atom is 0.422 e. The van der Waals surface area contributed by atoms with E-state index in [0.29, 0.717) is 25.4 Å². The Labute approximate surface area is 205 Å². The minimum absolute atomic E-state index is 0.112. The Bertz CT molecular complexity index is 929. The maximum atomic E-state index is 12.4. The number of rotatable bonds is 9. The van der Waals surface area contributed by atoms with Crippen molar-refractivity contribution >= 4 is 28.5 Å². The van der Waals surface area contributed by atoms with Gasteiger partial charge >= 0.3 is 6.18 Å². The van der Waals surface area contributed by atoms with E-state index >= 15 is 0 Å². The maximum absolute atomic E-state index is 12.4. The number of carbonyl (C=O) groups excluding carboxylic acids is 1. The molecule has 0 bridgehead atoms. The Morgan fingerprint density at radius 1 is 1.26 bits per heavy atom. The highest BCUT2D eigenvalue weighted by Crippen LogP contribution is 2.30. The smallest absolute Gasteiger partial charge is 0.422 e. The van der Waals surface area contributed by atoms with Crippen molar-refractivity contribution < 1.29 is 27.4 Å². The number of nitrogens with zero attached hydrogens (tertiary/aromatic N) is 3. The van der Waals surface area contributed by atoms with Crippen molar-refractivity contribution in [2.75, 3.05) is 32.8 Å². The van der Waals surface area contributed by atoms with Gasteiger partial charge in [0.1, 0.15) is 10.8 Å². The molecule has 0 saturated carbocycles. The number of aromatic nitrogens is 2. The van der Waals surface area contributed by atoms with Crippen LogP contribution in [0.25, 0.3) is 0 Å². The fourth-order valence-corrected chi connectivity index (χ4v) is 6.20. The first-order valence-corrected chi connectivity index (χ1v) is 13.3. The third-order valence-electron chi connectivity index (χ3n) is 6.20. The van der Waals surface area contributed by atoms with Gasteiger partial charge in [0.2, 0.25) is 0 Å². The van der Waals surface area contributed by atoms with Gasteiger partial charge in [-0.1, -0.05) is 11.3 Å². The number of carbonyl (C=O) groups is 1. The molecule has 0 radical (unpaired) electrons. The number of ketones is 1. The van der Waals surface area contributed by atoms with Crippen molar-refractivity contribution in [3.8, 4) is 5.19 Å². The lowest BCUT2D eigenvalue weighted by Crippen LogP contribution is -2.33. The zero-order valence-corrected chi connectivity index (χ0v) is 20.9. The average Bonchev–Trinajstić information content (AvgIpc) is 3.32. The summed E-state index contributed by atoms with van der Waals surface area (Å²) in [4.78, 5) is 25.4. The molecule has 0 N–H and O–H groups in total. The lowest BCUT2D eigenvalue weighted by Gasteiger charge is -2.30. The molecule has 0 unspecified atom stereocenters. The highest BCUT2D eigenvalue weighted by molar-refractivity contribution is 7.13. The molecule has 11 heteroatoms. The fourth-order valence-electron chi connectivity index (χ4n) is 4.44. The number of Topliss-reactive ketones (excluding diaryl/α,β-unsaturated/α-hetero) is 1. The highest BCUT2D eigenvalue weighted by Gasteiger charge is 2.30. The van der Waals surface area contributed by atoms with E-state index in [1.54, 1.807) is 11.3 Å². The van der Waals surface area contributed by atoms with Gasteiger partial charge in [0, 0.05) is 48.4 Å². The van der Waals surface area contributed by atoms with Crippen LogP contribution in [0.1, 0.15) is 46.1 Å². The third-order valence-corrected chi connectivity index (χ3v) is 8.19. The molecule has 6 nitrogen and oxygen atoms in total. The van der Waals surface area contributed by atoms with E-state index in [0.717, 1.165) is 72.2 Å². The van der Waals surface area contributed by atoms with Gasteiger partial charge in [-0.3, -0.25) is 4.79 Å². The average molecular weight is 518 g/mol. The molecule has 188 valence electrons. The number of halogens is 3. The molecule has 0 spiro atoms. The van der Waals surface area contributed by atoms with Crippen LogP contribution in [-0.2, 0) is 28.8 Å². The van der Waals surface area contributed by atoms with Crippen molar-refractivity contribution in [3.63, 3.8) is 0 Å². The number of fused-ring (bicyclic) bond motifs is 1. The molecule has 2 aliphatic rings. The van der Waals surface area contributed by atoms with Gasteiger partial charge < -0.3 is 14.4 Å². The predicted octanol–water partition coefficient (Wildman–Crippen LogP) is 4.64. The van der Waals surface area contributed by atoms with Crippen LogP contribution in [-0.4, -0.2) is 65.8 Å². The topological polar surface area (TPSA) is 64.6 Å². The van der Waals surface area contributed by atoms with Crippen LogP contribution in [0.5, 0.6) is 5.19 Å². The molecule has 1 saturated heterocycles. The van der Waals surface area contributed by atoms with Gasteiger partial charge in [0.25, 0.3) is 5.19 Å². The number of alkyl halides is 3. The standard InChI is InChI=1S/C23H30F3N3O3S2/c1-15-12-27-21(33-15)11-17(30)10-16-2-3-18(31-13-16)4-7-29-8-5-19-20(6-9-29)34-22(28-19)32-14-23(24,25)26/h12,16,18H,2-11,13-14H2,1H3/t16-,18-/m1/s1. The van der Waals surface area contributed by atoms with Crippen molar-refractivity contribution in [1.82, 2.24) is 14.9 Å². The monoisotopic (exact) mass is 517 g/mol. The molecular weight excluding hydrogens is 487 g/mol. The fraction of sp³-hybridized carbons (Fsp3) is 0.696. The Morgan fingerprint density at radius 3 is 2.79 bits per heavy atom. The second kappa shape index (κ2) is 11.5. The third kappa shape index (κ3) is 7.73. The van der Waals surface area contributed by atoms with Crippen LogP contribution in [0.15, 0.2) is 6.20 Å². The molecule has 0 aliphatic carbocycles. The first-order chi connectivity index (χ1) is 16.2. The summed E-state index contributed by atoms with van der Waals surface area (Å²) in [7, 11) is 0. The molecule has 2 aliphatic heterocycles. The second-order valence-corrected chi connectivity index (χ2v) is 11.4. The summed E-state index contributed by atoms with van der Waals surface area (Å²) in [5.74, 6) is 0.526. The molecule has 2 aromatic rings. The summed E-state index contributed by atoms with van der Waals surface area (Å²) in [5.41, 5.74) is 0.860. The second-order valence-electron chi connectivity index (χ2n) is 9.07. The minimum Gasteiger partial charge on any atom is -0.460 e. The summed E-state index contributed by atoms with van der Waals surface area (Å²) in [6.07, 6.45) is 3.07. The number of hydrogen-bond acceptors (Lipinski definition) is 8. The summed E-state index contributed by atoms with van der Waals surface area (Å²) in [5, 5.41) is 1.00. The van der Waals surface area contributed by atoms with Crippen LogP contribution in [0.4, 0.5) is 13.2 Å². The first kappa shape index (κ1) is 25.5. The van der Waals surface area contributed by atoms with E-state index in [-0.39, 0.29) is 17.1 Å². The lowest BCUT2D eigenvalue weighted by molar-refractivity contribution is -0.153. The van der Waals surface area contributed by atoms with Gasteiger partial charge in [0.15, 0.2) is 6.61 Å². The van der Waals surface area contributed by atoms with E-state index in [1.807, 2.05) is 13.1 Å². The Balaban J connectivity index is 1.13. The number of thiazole rings is 2. The summed E-state index contributed by atoms with van der Waals surface area (Å²) >= 11 is 2.81. The van der Waals surface area contributed by atoms with Crippen LogP contribution in [0, 0.1) is 12.8 Å². The first-order valence-electron chi connectivity index (χ1n) is 11.7. The molecule has 0 amide bonds. The highest BCUT2D eigenvalue weighted by atomic mass is 32.1. The molecule has 4 heterocycles. The summed E-state index contributed by atoms with van der Waals surface area (Å²) in [6, 6.07) is 0. The molecule has 2 atom stereocenters. The van der Waals surface area contributed by atoms with Crippen LogP contribution in [0.3, 0.4) is 0 Å². The van der Waals surface area contributed by atoms with Gasteiger partial charge in [-0.25, -0.2) is 9.97 Å². The van der Waals surface area contributed by atoms with E-state index in [4.69, 9.17) is 9.47 Å². The van der Waals surface area contributed by atoms with Gasteiger partial charge in [-0.05, 0) is 38.5 Å². The van der Waals surface area contributed by atoms with Crippen molar-refractivity contribution in [2.45, 2.75) is 64.1 Å². The zero-order valence-electron chi connectivity index (χ0n) is 19.2. The van der Waals surface area contributed by atoms with Crippen LogP contribution in [0.2, 0.25) is 0 Å². The Kier molecular flexibility index (Phi) is 8.60. The molecular formula is C23H30F3N3O3S2. The SMILES string of the molecule is Cc1cnc(CC(=O)C[C@H]2CC[C@H](CCN3CCc4nc(OCC(F)(F)F)sc4CC3)OC2)s1. The largest absolute Gasteiger partial charge is 0.460 e. The number of aryl methyl sites for hydroxylation is 1. The van der Waals surface area contributed by atoms with Gasteiger partial charge in [-0.2, -0.15) is 13.2 Å². The number of hydrogen-bond donors (Lipinski definition) is 0. The Hall–Kier alpha value is -1.56. The summed E-state index contributed by atoms with van der Waals surface area (Å²) in [6.45, 7) is 3.94. The van der Waals surface area contributed by atoms with Gasteiger partial charge in [-0.15, -0.1) is 11.3 Å². The quantitative estimate of drug-likeness (QED) is 0.483. The molecule has 4 rings (SSSR count). The molecule has 2 aromatic heterocycles. The van der Waals surface area contributed by atoms with Gasteiger partial charge in [0.05, 0.1) is 24.8 Å². The molecule has 0 aromatic carbocycles. The van der Waals surface area contributed by atoms with E-state index in [1.165, 1.54) is 11.3 Å². The normalized spacial score (nSPS) is 21.8. The molecule has 1 fully saturated rings. The van der Waals surface area contributed by atoms with Crippen LogP contribution < -0.4 is 4.74 Å². The Morgan fingerprint density at radius 2 is 2.09 bits per heavy atom. The van der Waals surface area contributed by atoms with Crippen molar-refractivity contribution in [1.29, 1.82) is 0 Å². The van der Waals surface area contributed by atoms with E-state index < -0.39 is 12.8 Å². The predicted molar refractivity (Wildman–Crippen MR) is 125 cm³/mol. The van der Waals surface area contributed by atoms with Crippen molar-refractivity contribution in [3.05, 3.63) is 26.7 Å². The van der Waals surface area contributed by atoms with E-state index in [9.17, 15) is 18.0 Å². The molecule has 34 heavy (non-hydrogen) atoms. The zero-order chi connectivity index (χ0) is 24.1. The van der Waals surface area contributed by atoms with E-state index in [2.05, 4.69) is 14.9 Å². The van der Waals surface area contributed by atoms with Crippen molar-refractivity contribution in [2.24, 2.45) is 5.92 Å². The minimum atomic E-state index is -4.35. The van der Waals surface area contributed by atoms with Crippen LogP contribution >= 0.6 is 22.7 Å².